The van der Waals surface area contributed by atoms with Crippen LogP contribution in [0.25, 0.3) is 0 Å². The number of pyridine rings is 2. The lowest BCUT2D eigenvalue weighted by Gasteiger charge is -2.10. The summed E-state index contributed by atoms with van der Waals surface area (Å²) in [7, 11) is 0. The molecule has 0 saturated heterocycles. The van der Waals surface area contributed by atoms with Crippen LogP contribution in [0.5, 0.6) is 0 Å². The molecule has 0 saturated carbocycles. The minimum absolute atomic E-state index is 0.546. The largest absolute Gasteiger partial charge is 0.386 e. The molecule has 2 heterocycles. The van der Waals surface area contributed by atoms with Gasteiger partial charge >= 0.3 is 0 Å². The van der Waals surface area contributed by atoms with Gasteiger partial charge < -0.3 is 5.11 Å². The Morgan fingerprint density at radius 1 is 1.25 bits per heavy atom. The molecule has 82 valence electrons. The Morgan fingerprint density at radius 2 is 2.12 bits per heavy atom. The number of aliphatic hydroxyl groups excluding tert-OH is 1. The van der Waals surface area contributed by atoms with Crippen molar-refractivity contribution in [2.75, 3.05) is 0 Å². The van der Waals surface area contributed by atoms with Gasteiger partial charge in [-0.3, -0.25) is 9.97 Å². The van der Waals surface area contributed by atoms with Gasteiger partial charge in [0.15, 0.2) is 0 Å². The molecule has 0 aliphatic carbocycles. The van der Waals surface area contributed by atoms with Crippen molar-refractivity contribution in [2.24, 2.45) is 0 Å². The van der Waals surface area contributed by atoms with E-state index in [-0.39, 0.29) is 0 Å². The van der Waals surface area contributed by atoms with Crippen LogP contribution >= 0.6 is 0 Å². The number of rotatable bonds is 3. The molecule has 3 heteroatoms. The Balaban J connectivity index is 2.12. The van der Waals surface area contributed by atoms with Gasteiger partial charge in [0.2, 0.25) is 0 Å². The van der Waals surface area contributed by atoms with E-state index in [0.29, 0.717) is 12.1 Å². The van der Waals surface area contributed by atoms with Crippen molar-refractivity contribution in [1.29, 1.82) is 0 Å². The number of hydrogen-bond donors (Lipinski definition) is 1. The Bertz CT molecular complexity index is 456. The maximum atomic E-state index is 10.0. The normalized spacial score (nSPS) is 12.4. The predicted octanol–water partition coefficient (Wildman–Crippen LogP) is 2.06. The lowest BCUT2D eigenvalue weighted by Crippen LogP contribution is -2.04. The predicted molar refractivity (Wildman–Crippen MR) is 61.9 cm³/mol. The molecule has 0 aromatic carbocycles. The summed E-state index contributed by atoms with van der Waals surface area (Å²) in [6.45, 7) is 1.92. The number of nitrogens with zero attached hydrogens (tertiary/aromatic N) is 2. The quantitative estimate of drug-likeness (QED) is 0.850. The molecule has 0 radical (unpaired) electrons. The van der Waals surface area contributed by atoms with Crippen molar-refractivity contribution in [3.63, 3.8) is 0 Å². The van der Waals surface area contributed by atoms with Crippen LogP contribution in [-0.2, 0) is 6.42 Å². The lowest BCUT2D eigenvalue weighted by molar-refractivity contribution is 0.173. The fourth-order valence-corrected chi connectivity index (χ4v) is 1.60. The minimum atomic E-state index is -0.566. The summed E-state index contributed by atoms with van der Waals surface area (Å²) in [6, 6.07) is 9.48. The third-order valence-corrected chi connectivity index (χ3v) is 2.40. The first-order valence-corrected chi connectivity index (χ1v) is 5.26. The van der Waals surface area contributed by atoms with E-state index >= 15 is 0 Å². The van der Waals surface area contributed by atoms with Crippen LogP contribution in [-0.4, -0.2) is 15.1 Å². The van der Waals surface area contributed by atoms with E-state index in [1.54, 1.807) is 12.4 Å². The third kappa shape index (κ3) is 2.64. The van der Waals surface area contributed by atoms with Crippen LogP contribution < -0.4 is 0 Å². The third-order valence-electron chi connectivity index (χ3n) is 2.40. The highest BCUT2D eigenvalue weighted by molar-refractivity contribution is 5.16. The summed E-state index contributed by atoms with van der Waals surface area (Å²) < 4.78 is 0. The van der Waals surface area contributed by atoms with Crippen LogP contribution in [0, 0.1) is 6.92 Å². The minimum Gasteiger partial charge on any atom is -0.386 e. The van der Waals surface area contributed by atoms with E-state index in [9.17, 15) is 5.11 Å². The van der Waals surface area contributed by atoms with Crippen LogP contribution in [0.4, 0.5) is 0 Å². The fourth-order valence-electron chi connectivity index (χ4n) is 1.60. The van der Waals surface area contributed by atoms with Gasteiger partial charge in [-0.2, -0.15) is 0 Å². The lowest BCUT2D eigenvalue weighted by atomic mass is 10.1. The molecule has 0 spiro atoms. The second-order valence-corrected chi connectivity index (χ2v) is 3.79. The van der Waals surface area contributed by atoms with Gasteiger partial charge in [-0.15, -0.1) is 0 Å². The topological polar surface area (TPSA) is 46.0 Å². The second kappa shape index (κ2) is 4.86. The van der Waals surface area contributed by atoms with E-state index < -0.39 is 6.10 Å². The SMILES string of the molecule is Cc1cccc(C(O)Cc2cccnc2)n1. The maximum Gasteiger partial charge on any atom is 0.100 e. The molecule has 0 aliphatic heterocycles. The Kier molecular flexibility index (Phi) is 3.27. The maximum absolute atomic E-state index is 10.0. The Hall–Kier alpha value is -1.74. The van der Waals surface area contributed by atoms with E-state index in [1.165, 1.54) is 0 Å². The molecule has 2 rings (SSSR count). The van der Waals surface area contributed by atoms with Crippen molar-refractivity contribution in [2.45, 2.75) is 19.4 Å². The van der Waals surface area contributed by atoms with Crippen LogP contribution in [0.1, 0.15) is 23.1 Å². The number of hydrogen-bond acceptors (Lipinski definition) is 3. The van der Waals surface area contributed by atoms with E-state index in [2.05, 4.69) is 9.97 Å². The summed E-state index contributed by atoms with van der Waals surface area (Å²) in [6.07, 6.45) is 3.47. The highest BCUT2D eigenvalue weighted by Gasteiger charge is 2.09. The van der Waals surface area contributed by atoms with Crippen LogP contribution in [0.3, 0.4) is 0 Å². The van der Waals surface area contributed by atoms with E-state index in [1.807, 2.05) is 37.3 Å². The first-order chi connectivity index (χ1) is 7.75. The fraction of sp³-hybridized carbons (Fsp3) is 0.231. The molecular weight excluding hydrogens is 200 g/mol. The zero-order chi connectivity index (χ0) is 11.4. The highest BCUT2D eigenvalue weighted by atomic mass is 16.3. The zero-order valence-corrected chi connectivity index (χ0v) is 9.17. The molecule has 0 bridgehead atoms. The molecule has 0 fully saturated rings. The van der Waals surface area contributed by atoms with Crippen molar-refractivity contribution in [3.05, 3.63) is 59.7 Å². The molecule has 2 aromatic heterocycles. The Labute approximate surface area is 94.8 Å². The molecule has 1 atom stereocenters. The summed E-state index contributed by atoms with van der Waals surface area (Å²) in [5.41, 5.74) is 2.64. The highest BCUT2D eigenvalue weighted by Crippen LogP contribution is 2.15. The van der Waals surface area contributed by atoms with Crippen molar-refractivity contribution >= 4 is 0 Å². The standard InChI is InChI=1S/C13H14N2O/c1-10-4-2-6-12(15-10)13(16)8-11-5-3-7-14-9-11/h2-7,9,13,16H,8H2,1H3. The Morgan fingerprint density at radius 3 is 2.81 bits per heavy atom. The van der Waals surface area contributed by atoms with Gasteiger partial charge in [0.1, 0.15) is 6.10 Å². The molecule has 3 nitrogen and oxygen atoms in total. The smallest absolute Gasteiger partial charge is 0.100 e. The average Bonchev–Trinajstić information content (AvgIpc) is 2.30. The molecule has 16 heavy (non-hydrogen) atoms. The average molecular weight is 214 g/mol. The van der Waals surface area contributed by atoms with Gasteiger partial charge in [0.05, 0.1) is 5.69 Å². The van der Waals surface area contributed by atoms with Crippen molar-refractivity contribution in [3.8, 4) is 0 Å². The number of aryl methyl sites for hydroxylation is 1. The summed E-state index contributed by atoms with van der Waals surface area (Å²) >= 11 is 0. The van der Waals surface area contributed by atoms with Crippen LogP contribution in [0.2, 0.25) is 0 Å². The van der Waals surface area contributed by atoms with Gasteiger partial charge in [-0.05, 0) is 30.7 Å². The van der Waals surface area contributed by atoms with Gasteiger partial charge in [-0.1, -0.05) is 12.1 Å². The van der Waals surface area contributed by atoms with E-state index in [4.69, 9.17) is 0 Å². The number of aliphatic hydroxyl groups is 1. The van der Waals surface area contributed by atoms with Gasteiger partial charge in [0.25, 0.3) is 0 Å². The monoisotopic (exact) mass is 214 g/mol. The molecule has 0 amide bonds. The first-order valence-electron chi connectivity index (χ1n) is 5.26. The van der Waals surface area contributed by atoms with Crippen molar-refractivity contribution < 1.29 is 5.11 Å². The van der Waals surface area contributed by atoms with Crippen LogP contribution in [0.15, 0.2) is 42.7 Å². The molecule has 1 N–H and O–H groups in total. The summed E-state index contributed by atoms with van der Waals surface area (Å²) in [5, 5.41) is 10.0. The molecule has 2 aromatic rings. The van der Waals surface area contributed by atoms with Crippen molar-refractivity contribution in [1.82, 2.24) is 9.97 Å². The summed E-state index contributed by atoms with van der Waals surface area (Å²) in [5.74, 6) is 0. The second-order valence-electron chi connectivity index (χ2n) is 3.79. The first kappa shape index (κ1) is 10.8. The summed E-state index contributed by atoms with van der Waals surface area (Å²) in [4.78, 5) is 8.32. The zero-order valence-electron chi connectivity index (χ0n) is 9.17. The molecule has 0 aliphatic rings. The van der Waals surface area contributed by atoms with E-state index in [0.717, 1.165) is 11.3 Å². The van der Waals surface area contributed by atoms with Gasteiger partial charge in [0, 0.05) is 24.5 Å². The number of aromatic nitrogens is 2. The van der Waals surface area contributed by atoms with Gasteiger partial charge in [-0.25, -0.2) is 0 Å². The molecular formula is C13H14N2O. The molecule has 1 unspecified atom stereocenters.